The highest BCUT2D eigenvalue weighted by Gasteiger charge is 2.37. The van der Waals surface area contributed by atoms with Gasteiger partial charge in [-0.15, -0.1) is 0 Å². The first-order valence-electron chi connectivity index (χ1n) is 6.85. The fraction of sp³-hybridized carbons (Fsp3) is 0.533. The number of hydrogen-bond donors (Lipinski definition) is 2. The third-order valence-electron chi connectivity index (χ3n) is 4.06. The van der Waals surface area contributed by atoms with Gasteiger partial charge in [-0.1, -0.05) is 24.6 Å². The van der Waals surface area contributed by atoms with Crippen LogP contribution in [0.15, 0.2) is 24.3 Å². The van der Waals surface area contributed by atoms with Gasteiger partial charge in [-0.05, 0) is 42.9 Å². The molecule has 1 aliphatic rings. The van der Waals surface area contributed by atoms with Crippen LogP contribution in [0.1, 0.15) is 31.2 Å². The van der Waals surface area contributed by atoms with Gasteiger partial charge < -0.3 is 11.1 Å². The zero-order chi connectivity index (χ0) is 13.7. The van der Waals surface area contributed by atoms with Gasteiger partial charge in [0, 0.05) is 13.0 Å². The van der Waals surface area contributed by atoms with Crippen LogP contribution in [0.4, 0.5) is 4.39 Å². The van der Waals surface area contributed by atoms with Gasteiger partial charge in [0.05, 0.1) is 0 Å². The average Bonchev–Trinajstić information content (AvgIpc) is 2.36. The molecular formula is C15H21FN2O. The Morgan fingerprint density at radius 2 is 2.11 bits per heavy atom. The molecule has 2 rings (SSSR count). The molecule has 0 radical (unpaired) electrons. The fourth-order valence-corrected chi connectivity index (χ4v) is 2.57. The Kier molecular flexibility index (Phi) is 4.53. The molecule has 1 saturated carbocycles. The number of nitrogens with one attached hydrogen (secondary N) is 1. The molecule has 104 valence electrons. The lowest BCUT2D eigenvalue weighted by Crippen LogP contribution is -2.42. The third-order valence-corrected chi connectivity index (χ3v) is 4.06. The van der Waals surface area contributed by atoms with Crippen LogP contribution in [0.2, 0.25) is 0 Å². The third kappa shape index (κ3) is 3.53. The van der Waals surface area contributed by atoms with Crippen LogP contribution < -0.4 is 11.1 Å². The highest BCUT2D eigenvalue weighted by Crippen LogP contribution is 2.42. The molecule has 0 atom stereocenters. The second-order valence-electron chi connectivity index (χ2n) is 5.43. The van der Waals surface area contributed by atoms with E-state index >= 15 is 0 Å². The van der Waals surface area contributed by atoms with E-state index in [-0.39, 0.29) is 17.1 Å². The van der Waals surface area contributed by atoms with E-state index in [9.17, 15) is 9.18 Å². The standard InChI is InChI=1S/C15H21FN2O/c16-13-5-2-1-4-12(13)6-9-18-14(19)10-15(11-17)7-3-8-15/h1-2,4-5H,3,6-11,17H2,(H,18,19). The van der Waals surface area contributed by atoms with Gasteiger partial charge in [-0.3, -0.25) is 4.79 Å². The van der Waals surface area contributed by atoms with Crippen molar-refractivity contribution >= 4 is 5.91 Å². The SMILES string of the molecule is NCC1(CC(=O)NCCc2ccccc2F)CCC1. The lowest BCUT2D eigenvalue weighted by atomic mass is 9.66. The van der Waals surface area contributed by atoms with Gasteiger partial charge >= 0.3 is 0 Å². The molecular weight excluding hydrogens is 243 g/mol. The van der Waals surface area contributed by atoms with Gasteiger partial charge in [0.1, 0.15) is 5.82 Å². The Morgan fingerprint density at radius 1 is 1.37 bits per heavy atom. The van der Waals surface area contributed by atoms with Crippen LogP contribution in [-0.2, 0) is 11.2 Å². The van der Waals surface area contributed by atoms with Gasteiger partial charge in [-0.25, -0.2) is 4.39 Å². The molecule has 1 aromatic rings. The number of amides is 1. The molecule has 0 unspecified atom stereocenters. The van der Waals surface area contributed by atoms with Gasteiger partial charge in [0.25, 0.3) is 0 Å². The maximum absolute atomic E-state index is 13.4. The van der Waals surface area contributed by atoms with Crippen molar-refractivity contribution < 1.29 is 9.18 Å². The van der Waals surface area contributed by atoms with E-state index in [1.54, 1.807) is 18.2 Å². The molecule has 0 aliphatic heterocycles. The second kappa shape index (κ2) is 6.15. The summed E-state index contributed by atoms with van der Waals surface area (Å²) in [6.45, 7) is 1.05. The number of hydrogen-bond acceptors (Lipinski definition) is 2. The summed E-state index contributed by atoms with van der Waals surface area (Å²) in [6, 6.07) is 6.65. The average molecular weight is 264 g/mol. The van der Waals surface area contributed by atoms with Crippen LogP contribution in [0.25, 0.3) is 0 Å². The van der Waals surface area contributed by atoms with E-state index in [2.05, 4.69) is 5.32 Å². The summed E-state index contributed by atoms with van der Waals surface area (Å²) in [6.07, 6.45) is 4.28. The van der Waals surface area contributed by atoms with Crippen LogP contribution in [0.5, 0.6) is 0 Å². The fourth-order valence-electron chi connectivity index (χ4n) is 2.57. The molecule has 4 heteroatoms. The molecule has 3 nitrogen and oxygen atoms in total. The lowest BCUT2D eigenvalue weighted by molar-refractivity contribution is -0.124. The summed E-state index contributed by atoms with van der Waals surface area (Å²) in [5.41, 5.74) is 6.40. The highest BCUT2D eigenvalue weighted by atomic mass is 19.1. The normalized spacial score (nSPS) is 16.7. The summed E-state index contributed by atoms with van der Waals surface area (Å²) in [7, 11) is 0. The maximum atomic E-state index is 13.4. The molecule has 0 bridgehead atoms. The van der Waals surface area contributed by atoms with Crippen molar-refractivity contribution in [2.75, 3.05) is 13.1 Å². The van der Waals surface area contributed by atoms with Gasteiger partial charge in [0.2, 0.25) is 5.91 Å². The minimum atomic E-state index is -0.214. The van der Waals surface area contributed by atoms with Crippen LogP contribution in [0.3, 0.4) is 0 Å². The molecule has 1 fully saturated rings. The van der Waals surface area contributed by atoms with Crippen molar-refractivity contribution in [1.29, 1.82) is 0 Å². The summed E-state index contributed by atoms with van der Waals surface area (Å²) in [4.78, 5) is 11.8. The monoisotopic (exact) mass is 264 g/mol. The lowest BCUT2D eigenvalue weighted by Gasteiger charge is -2.40. The van der Waals surface area contributed by atoms with E-state index in [4.69, 9.17) is 5.73 Å². The maximum Gasteiger partial charge on any atom is 0.220 e. The molecule has 19 heavy (non-hydrogen) atoms. The zero-order valence-corrected chi connectivity index (χ0v) is 11.1. The first-order valence-corrected chi connectivity index (χ1v) is 6.85. The Labute approximate surface area is 113 Å². The smallest absolute Gasteiger partial charge is 0.220 e. The number of carbonyl (C=O) groups is 1. The summed E-state index contributed by atoms with van der Waals surface area (Å²) in [5, 5.41) is 2.86. The van der Waals surface area contributed by atoms with E-state index in [1.807, 2.05) is 0 Å². The molecule has 3 N–H and O–H groups in total. The minimum absolute atomic E-state index is 0.0292. The molecule has 0 aromatic heterocycles. The van der Waals surface area contributed by atoms with Crippen LogP contribution in [-0.4, -0.2) is 19.0 Å². The molecule has 1 aliphatic carbocycles. The number of carbonyl (C=O) groups excluding carboxylic acids is 1. The van der Waals surface area contributed by atoms with Crippen molar-refractivity contribution in [2.24, 2.45) is 11.1 Å². The highest BCUT2D eigenvalue weighted by molar-refractivity contribution is 5.76. The van der Waals surface area contributed by atoms with Crippen molar-refractivity contribution in [1.82, 2.24) is 5.32 Å². The largest absolute Gasteiger partial charge is 0.356 e. The summed E-state index contributed by atoms with van der Waals surface area (Å²) >= 11 is 0. The first-order chi connectivity index (χ1) is 9.15. The van der Waals surface area contributed by atoms with E-state index < -0.39 is 0 Å². The molecule has 1 amide bonds. The predicted octanol–water partition coefficient (Wildman–Crippen LogP) is 2.00. The van der Waals surface area contributed by atoms with Crippen LogP contribution >= 0.6 is 0 Å². The summed E-state index contributed by atoms with van der Waals surface area (Å²) in [5.74, 6) is -0.185. The van der Waals surface area contributed by atoms with Crippen molar-refractivity contribution in [3.05, 3.63) is 35.6 Å². The van der Waals surface area contributed by atoms with E-state index in [0.717, 1.165) is 12.8 Å². The number of nitrogens with two attached hydrogens (primary N) is 1. The van der Waals surface area contributed by atoms with Crippen LogP contribution in [0, 0.1) is 11.2 Å². The summed E-state index contributed by atoms with van der Waals surface area (Å²) < 4.78 is 13.4. The number of benzene rings is 1. The zero-order valence-electron chi connectivity index (χ0n) is 11.1. The molecule has 0 spiro atoms. The first kappa shape index (κ1) is 14.0. The minimum Gasteiger partial charge on any atom is -0.356 e. The Hall–Kier alpha value is -1.42. The van der Waals surface area contributed by atoms with Crippen molar-refractivity contribution in [2.45, 2.75) is 32.1 Å². The Balaban J connectivity index is 1.74. The van der Waals surface area contributed by atoms with Crippen molar-refractivity contribution in [3.63, 3.8) is 0 Å². The van der Waals surface area contributed by atoms with Gasteiger partial charge in [0.15, 0.2) is 0 Å². The second-order valence-corrected chi connectivity index (χ2v) is 5.43. The van der Waals surface area contributed by atoms with Gasteiger partial charge in [-0.2, -0.15) is 0 Å². The van der Waals surface area contributed by atoms with E-state index in [1.165, 1.54) is 12.5 Å². The number of halogens is 1. The topological polar surface area (TPSA) is 55.1 Å². The van der Waals surface area contributed by atoms with Crippen molar-refractivity contribution in [3.8, 4) is 0 Å². The molecule has 0 saturated heterocycles. The Bertz CT molecular complexity index is 438. The van der Waals surface area contributed by atoms with E-state index in [0.29, 0.717) is 31.5 Å². The predicted molar refractivity (Wildman–Crippen MR) is 73.1 cm³/mol. The molecule has 1 aromatic carbocycles. The Morgan fingerprint density at radius 3 is 2.68 bits per heavy atom. The number of rotatable bonds is 6. The quantitative estimate of drug-likeness (QED) is 0.825. The molecule has 0 heterocycles.